The van der Waals surface area contributed by atoms with Crippen LogP contribution in [0.3, 0.4) is 0 Å². The van der Waals surface area contributed by atoms with Crippen LogP contribution in [-0.4, -0.2) is 51.6 Å². The molecule has 0 aromatic heterocycles. The summed E-state index contributed by atoms with van der Waals surface area (Å²) in [6.07, 6.45) is 1.89. The van der Waals surface area contributed by atoms with Gasteiger partial charge in [-0.05, 0) is 32.9 Å². The number of piperidine rings is 1. The first-order valence-corrected chi connectivity index (χ1v) is 5.73. The molecule has 1 aliphatic rings. The van der Waals surface area contributed by atoms with Crippen LogP contribution in [0.25, 0.3) is 0 Å². The fraction of sp³-hybridized carbons (Fsp3) is 0.909. The molecule has 1 rings (SSSR count). The molecule has 0 amide bonds. The Morgan fingerprint density at radius 1 is 1.44 bits per heavy atom. The molecule has 1 atom stereocenters. The van der Waals surface area contributed by atoms with Crippen molar-refractivity contribution in [2.24, 2.45) is 0 Å². The van der Waals surface area contributed by atoms with Gasteiger partial charge in [0, 0.05) is 7.11 Å². The molecule has 0 bridgehead atoms. The van der Waals surface area contributed by atoms with Gasteiger partial charge in [-0.25, -0.2) is 4.79 Å². The Labute approximate surface area is 96.4 Å². The van der Waals surface area contributed by atoms with E-state index in [0.717, 1.165) is 25.9 Å². The van der Waals surface area contributed by atoms with Crippen molar-refractivity contribution < 1.29 is 19.0 Å². The van der Waals surface area contributed by atoms with Crippen LogP contribution in [-0.2, 0) is 19.0 Å². The molecule has 1 unspecified atom stereocenters. The monoisotopic (exact) mass is 231 g/mol. The van der Waals surface area contributed by atoms with Crippen LogP contribution in [0.4, 0.5) is 0 Å². The van der Waals surface area contributed by atoms with E-state index < -0.39 is 0 Å². The Morgan fingerprint density at radius 3 is 2.75 bits per heavy atom. The first kappa shape index (κ1) is 13.4. The third-order valence-corrected chi connectivity index (χ3v) is 2.46. The lowest BCUT2D eigenvalue weighted by molar-refractivity contribution is -0.158. The van der Waals surface area contributed by atoms with Crippen molar-refractivity contribution in [2.75, 3.05) is 33.4 Å². The van der Waals surface area contributed by atoms with E-state index in [-0.39, 0.29) is 24.8 Å². The third-order valence-electron chi connectivity index (χ3n) is 2.46. The summed E-state index contributed by atoms with van der Waals surface area (Å²) in [4.78, 5) is 11.4. The highest BCUT2D eigenvalue weighted by atomic mass is 16.6. The zero-order chi connectivity index (χ0) is 11.8. The Balaban J connectivity index is 2.09. The minimum absolute atomic E-state index is 0.0404. The molecule has 0 aromatic carbocycles. The summed E-state index contributed by atoms with van der Waals surface area (Å²) in [6.45, 7) is 4.17. The van der Waals surface area contributed by atoms with Crippen molar-refractivity contribution in [3.8, 4) is 0 Å². The SMILES string of the molecule is COCC(C)OC(=O)COC1CCNCC1. The summed E-state index contributed by atoms with van der Waals surface area (Å²) < 4.78 is 15.4. The van der Waals surface area contributed by atoms with Crippen LogP contribution in [0, 0.1) is 0 Å². The van der Waals surface area contributed by atoms with Gasteiger partial charge in [-0.2, -0.15) is 0 Å². The number of nitrogens with one attached hydrogen (secondary N) is 1. The standard InChI is InChI=1S/C11H21NO4/c1-9(7-14-2)16-11(13)8-15-10-3-5-12-6-4-10/h9-10,12H,3-8H2,1-2H3. The van der Waals surface area contributed by atoms with E-state index in [2.05, 4.69) is 5.32 Å². The Bertz CT molecular complexity index is 204. The van der Waals surface area contributed by atoms with Crippen LogP contribution < -0.4 is 5.32 Å². The van der Waals surface area contributed by atoms with Gasteiger partial charge >= 0.3 is 5.97 Å². The van der Waals surface area contributed by atoms with E-state index >= 15 is 0 Å². The number of rotatable bonds is 6. The van der Waals surface area contributed by atoms with Crippen molar-refractivity contribution in [1.29, 1.82) is 0 Å². The molecule has 0 aliphatic carbocycles. The van der Waals surface area contributed by atoms with Crippen LogP contribution in [0.5, 0.6) is 0 Å². The van der Waals surface area contributed by atoms with E-state index in [1.165, 1.54) is 0 Å². The number of ether oxygens (including phenoxy) is 3. The van der Waals surface area contributed by atoms with Crippen molar-refractivity contribution in [2.45, 2.75) is 32.0 Å². The number of hydrogen-bond acceptors (Lipinski definition) is 5. The van der Waals surface area contributed by atoms with Crippen LogP contribution in [0.1, 0.15) is 19.8 Å². The summed E-state index contributed by atoms with van der Waals surface area (Å²) in [7, 11) is 1.58. The van der Waals surface area contributed by atoms with E-state index in [9.17, 15) is 4.79 Å². The molecule has 1 saturated heterocycles. The average molecular weight is 231 g/mol. The van der Waals surface area contributed by atoms with Gasteiger partial charge in [0.1, 0.15) is 12.7 Å². The second-order valence-electron chi connectivity index (χ2n) is 4.02. The summed E-state index contributed by atoms with van der Waals surface area (Å²) in [5, 5.41) is 3.24. The molecule has 16 heavy (non-hydrogen) atoms. The van der Waals surface area contributed by atoms with Crippen molar-refractivity contribution in [3.05, 3.63) is 0 Å². The molecule has 0 spiro atoms. The van der Waals surface area contributed by atoms with Gasteiger partial charge in [-0.3, -0.25) is 0 Å². The highest BCUT2D eigenvalue weighted by Gasteiger charge is 2.16. The van der Waals surface area contributed by atoms with Gasteiger partial charge in [0.05, 0.1) is 12.7 Å². The first-order valence-electron chi connectivity index (χ1n) is 5.73. The van der Waals surface area contributed by atoms with E-state index in [1.807, 2.05) is 0 Å². The lowest BCUT2D eigenvalue weighted by Crippen LogP contribution is -2.34. The minimum Gasteiger partial charge on any atom is -0.459 e. The molecule has 0 radical (unpaired) electrons. The second-order valence-corrected chi connectivity index (χ2v) is 4.02. The second kappa shape index (κ2) is 7.60. The quantitative estimate of drug-likeness (QED) is 0.668. The molecular weight excluding hydrogens is 210 g/mol. The Hall–Kier alpha value is -0.650. The maximum absolute atomic E-state index is 11.4. The molecule has 5 heteroatoms. The number of carbonyl (C=O) groups excluding carboxylic acids is 1. The molecular formula is C11H21NO4. The average Bonchev–Trinajstić information content (AvgIpc) is 2.28. The minimum atomic E-state index is -0.317. The van der Waals surface area contributed by atoms with Crippen LogP contribution in [0.15, 0.2) is 0 Å². The van der Waals surface area contributed by atoms with E-state index in [0.29, 0.717) is 6.61 Å². The summed E-state index contributed by atoms with van der Waals surface area (Å²) in [6, 6.07) is 0. The topological polar surface area (TPSA) is 56.8 Å². The lowest BCUT2D eigenvalue weighted by Gasteiger charge is -2.22. The summed E-state index contributed by atoms with van der Waals surface area (Å²) in [5.41, 5.74) is 0. The normalized spacial score (nSPS) is 19.4. The summed E-state index contributed by atoms with van der Waals surface area (Å²) in [5.74, 6) is -0.317. The largest absolute Gasteiger partial charge is 0.459 e. The molecule has 94 valence electrons. The molecule has 1 aliphatic heterocycles. The van der Waals surface area contributed by atoms with Crippen LogP contribution >= 0.6 is 0 Å². The maximum atomic E-state index is 11.4. The smallest absolute Gasteiger partial charge is 0.332 e. The maximum Gasteiger partial charge on any atom is 0.332 e. The number of carbonyl (C=O) groups is 1. The lowest BCUT2D eigenvalue weighted by atomic mass is 10.1. The van der Waals surface area contributed by atoms with Gasteiger partial charge in [0.15, 0.2) is 0 Å². The van der Waals surface area contributed by atoms with Gasteiger partial charge in [-0.15, -0.1) is 0 Å². The Kier molecular flexibility index (Phi) is 6.37. The van der Waals surface area contributed by atoms with E-state index in [1.54, 1.807) is 14.0 Å². The highest BCUT2D eigenvalue weighted by molar-refractivity contribution is 5.70. The van der Waals surface area contributed by atoms with Gasteiger partial charge < -0.3 is 19.5 Å². The Morgan fingerprint density at radius 2 is 2.12 bits per heavy atom. The zero-order valence-electron chi connectivity index (χ0n) is 10.0. The van der Waals surface area contributed by atoms with E-state index in [4.69, 9.17) is 14.2 Å². The molecule has 0 saturated carbocycles. The zero-order valence-corrected chi connectivity index (χ0v) is 10.0. The molecule has 1 fully saturated rings. The summed E-state index contributed by atoms with van der Waals surface area (Å²) >= 11 is 0. The molecule has 1 N–H and O–H groups in total. The van der Waals surface area contributed by atoms with Crippen molar-refractivity contribution >= 4 is 5.97 Å². The fourth-order valence-electron chi connectivity index (χ4n) is 1.68. The number of methoxy groups -OCH3 is 1. The van der Waals surface area contributed by atoms with Gasteiger partial charge in [0.25, 0.3) is 0 Å². The molecule has 0 aromatic rings. The highest BCUT2D eigenvalue weighted by Crippen LogP contribution is 2.07. The first-order chi connectivity index (χ1) is 7.72. The molecule has 5 nitrogen and oxygen atoms in total. The molecule has 1 heterocycles. The predicted octanol–water partition coefficient (Wildman–Crippen LogP) is 0.333. The van der Waals surface area contributed by atoms with Crippen LogP contribution in [0.2, 0.25) is 0 Å². The van der Waals surface area contributed by atoms with Crippen molar-refractivity contribution in [1.82, 2.24) is 5.32 Å². The number of esters is 1. The van der Waals surface area contributed by atoms with Gasteiger partial charge in [-0.1, -0.05) is 0 Å². The van der Waals surface area contributed by atoms with Crippen molar-refractivity contribution in [3.63, 3.8) is 0 Å². The fourth-order valence-corrected chi connectivity index (χ4v) is 1.68. The van der Waals surface area contributed by atoms with Gasteiger partial charge in [0.2, 0.25) is 0 Å². The third kappa shape index (κ3) is 5.44. The predicted molar refractivity (Wildman–Crippen MR) is 59.3 cm³/mol. The number of hydrogen-bond donors (Lipinski definition) is 1.